The Morgan fingerprint density at radius 1 is 1.35 bits per heavy atom. The minimum Gasteiger partial charge on any atom is -0.482 e. The number of anilines is 2. The number of nitrogens with zero attached hydrogens (tertiary/aromatic N) is 2. The maximum absolute atomic E-state index is 13.4. The van der Waals surface area contributed by atoms with Crippen LogP contribution in [0.5, 0.6) is 5.75 Å². The normalized spacial score (nSPS) is 13.0. The van der Waals surface area contributed by atoms with E-state index in [1.807, 2.05) is 0 Å². The van der Waals surface area contributed by atoms with Crippen LogP contribution in [0.4, 0.5) is 21.5 Å². The minimum atomic E-state index is -1.00. The van der Waals surface area contributed by atoms with Crippen LogP contribution in [0.3, 0.4) is 0 Å². The smallest absolute Gasteiger partial charge is 0.306 e. The number of nitro groups is 1. The molecule has 0 radical (unpaired) electrons. The van der Waals surface area contributed by atoms with Crippen LogP contribution in [-0.2, 0) is 9.59 Å². The summed E-state index contributed by atoms with van der Waals surface area (Å²) in [5.74, 6) is -1.55. The Morgan fingerprint density at radius 3 is 2.85 bits per heavy atom. The van der Waals surface area contributed by atoms with Gasteiger partial charge in [-0.2, -0.15) is 4.39 Å². The van der Waals surface area contributed by atoms with E-state index in [2.05, 4.69) is 21.2 Å². The Balaban J connectivity index is 1.78. The second-order valence-corrected chi connectivity index (χ2v) is 6.27. The number of fused-ring (bicyclic) bond motifs is 1. The molecule has 0 saturated carbocycles. The number of rotatable bonds is 4. The summed E-state index contributed by atoms with van der Waals surface area (Å²) in [5, 5.41) is 13.2. The van der Waals surface area contributed by atoms with Gasteiger partial charge in [0.05, 0.1) is 10.6 Å². The molecule has 8 nitrogen and oxygen atoms in total. The first-order chi connectivity index (χ1) is 12.3. The maximum Gasteiger partial charge on any atom is 0.306 e. The van der Waals surface area contributed by atoms with Crippen molar-refractivity contribution in [3.63, 3.8) is 0 Å². The molecule has 0 atom stereocenters. The van der Waals surface area contributed by atoms with E-state index in [1.165, 1.54) is 11.0 Å². The molecular weight excluding hydrogens is 413 g/mol. The lowest BCUT2D eigenvalue weighted by atomic mass is 10.2. The SMILES string of the molecule is O=C(CN1C(=O)COc2cc(Br)ccc21)Nc1ccc(F)c([N+](=O)[O-])c1. The number of amides is 2. The molecule has 1 aliphatic rings. The van der Waals surface area contributed by atoms with Crippen molar-refractivity contribution in [2.75, 3.05) is 23.4 Å². The predicted molar refractivity (Wildman–Crippen MR) is 93.7 cm³/mol. The maximum atomic E-state index is 13.4. The van der Waals surface area contributed by atoms with E-state index in [0.29, 0.717) is 11.4 Å². The largest absolute Gasteiger partial charge is 0.482 e. The third-order valence-corrected chi connectivity index (χ3v) is 4.09. The zero-order valence-electron chi connectivity index (χ0n) is 13.1. The van der Waals surface area contributed by atoms with Crippen molar-refractivity contribution in [3.05, 3.63) is 56.8 Å². The molecule has 1 heterocycles. The number of carbonyl (C=O) groups is 2. The lowest BCUT2D eigenvalue weighted by Gasteiger charge is -2.29. The highest BCUT2D eigenvalue weighted by Crippen LogP contribution is 2.34. The molecule has 0 saturated heterocycles. The average Bonchev–Trinajstić information content (AvgIpc) is 2.59. The van der Waals surface area contributed by atoms with E-state index in [-0.39, 0.29) is 18.8 Å². The third-order valence-electron chi connectivity index (χ3n) is 3.59. The highest BCUT2D eigenvalue weighted by molar-refractivity contribution is 9.10. The van der Waals surface area contributed by atoms with Gasteiger partial charge in [0.25, 0.3) is 5.91 Å². The average molecular weight is 424 g/mol. The Kier molecular flexibility index (Phi) is 4.85. The van der Waals surface area contributed by atoms with Gasteiger partial charge in [-0.3, -0.25) is 24.6 Å². The summed E-state index contributed by atoms with van der Waals surface area (Å²) in [7, 11) is 0. The highest BCUT2D eigenvalue weighted by atomic mass is 79.9. The fourth-order valence-corrected chi connectivity index (χ4v) is 2.77. The van der Waals surface area contributed by atoms with Crippen molar-refractivity contribution in [1.82, 2.24) is 0 Å². The van der Waals surface area contributed by atoms with Crippen molar-refractivity contribution >= 4 is 44.8 Å². The van der Waals surface area contributed by atoms with Crippen molar-refractivity contribution in [3.8, 4) is 5.75 Å². The summed E-state index contributed by atoms with van der Waals surface area (Å²) in [6.45, 7) is -0.527. The lowest BCUT2D eigenvalue weighted by Crippen LogP contribution is -2.43. The van der Waals surface area contributed by atoms with Crippen LogP contribution in [0.25, 0.3) is 0 Å². The van der Waals surface area contributed by atoms with Gasteiger partial charge < -0.3 is 10.1 Å². The molecule has 0 aliphatic carbocycles. The zero-order valence-corrected chi connectivity index (χ0v) is 14.7. The number of carbonyl (C=O) groups excluding carboxylic acids is 2. The molecule has 2 aromatic carbocycles. The van der Waals surface area contributed by atoms with Gasteiger partial charge in [-0.1, -0.05) is 15.9 Å². The number of nitro benzene ring substituents is 1. The number of hydrogen-bond donors (Lipinski definition) is 1. The van der Waals surface area contributed by atoms with Gasteiger partial charge in [0.15, 0.2) is 6.61 Å². The molecule has 2 amide bonds. The fraction of sp³-hybridized carbons (Fsp3) is 0.125. The van der Waals surface area contributed by atoms with E-state index in [0.717, 1.165) is 16.6 Å². The van der Waals surface area contributed by atoms with Gasteiger partial charge in [-0.05, 0) is 30.3 Å². The number of ether oxygens (including phenoxy) is 1. The Hall–Kier alpha value is -3.01. The molecule has 0 unspecified atom stereocenters. The van der Waals surface area contributed by atoms with Gasteiger partial charge in [0.1, 0.15) is 12.3 Å². The van der Waals surface area contributed by atoms with Crippen molar-refractivity contribution < 1.29 is 23.6 Å². The van der Waals surface area contributed by atoms with Crippen LogP contribution in [0.1, 0.15) is 0 Å². The predicted octanol–water partition coefficient (Wildman–Crippen LogP) is 2.86. The molecule has 0 bridgehead atoms. The number of hydrogen-bond acceptors (Lipinski definition) is 5. The van der Waals surface area contributed by atoms with Gasteiger partial charge in [-0.25, -0.2) is 0 Å². The van der Waals surface area contributed by atoms with E-state index in [9.17, 15) is 24.1 Å². The van der Waals surface area contributed by atoms with Gasteiger partial charge in [-0.15, -0.1) is 0 Å². The van der Waals surface area contributed by atoms with Crippen LogP contribution in [0.2, 0.25) is 0 Å². The van der Waals surface area contributed by atoms with Crippen LogP contribution >= 0.6 is 15.9 Å². The first kappa shape index (κ1) is 17.8. The summed E-state index contributed by atoms with van der Waals surface area (Å²) < 4.78 is 19.4. The Morgan fingerprint density at radius 2 is 2.12 bits per heavy atom. The second kappa shape index (κ2) is 7.08. The van der Waals surface area contributed by atoms with E-state index in [4.69, 9.17) is 4.74 Å². The first-order valence-corrected chi connectivity index (χ1v) is 8.11. The quantitative estimate of drug-likeness (QED) is 0.601. The number of halogens is 2. The van der Waals surface area contributed by atoms with Crippen LogP contribution < -0.4 is 15.0 Å². The molecule has 134 valence electrons. The van der Waals surface area contributed by atoms with Crippen molar-refractivity contribution in [1.29, 1.82) is 0 Å². The van der Waals surface area contributed by atoms with E-state index < -0.39 is 28.2 Å². The number of benzene rings is 2. The Bertz CT molecular complexity index is 921. The van der Waals surface area contributed by atoms with Gasteiger partial charge >= 0.3 is 5.69 Å². The zero-order chi connectivity index (χ0) is 18.8. The first-order valence-electron chi connectivity index (χ1n) is 7.31. The van der Waals surface area contributed by atoms with Crippen LogP contribution in [0, 0.1) is 15.9 Å². The van der Waals surface area contributed by atoms with Crippen LogP contribution in [-0.4, -0.2) is 29.9 Å². The topological polar surface area (TPSA) is 102 Å². The molecule has 1 N–H and O–H groups in total. The molecule has 0 aromatic heterocycles. The number of nitrogens with one attached hydrogen (secondary N) is 1. The van der Waals surface area contributed by atoms with Crippen LogP contribution in [0.15, 0.2) is 40.9 Å². The molecule has 3 rings (SSSR count). The highest BCUT2D eigenvalue weighted by Gasteiger charge is 2.27. The summed E-state index contributed by atoms with van der Waals surface area (Å²) in [6.07, 6.45) is 0. The fourth-order valence-electron chi connectivity index (χ4n) is 2.43. The third kappa shape index (κ3) is 3.64. The minimum absolute atomic E-state index is 0.0554. The molecule has 26 heavy (non-hydrogen) atoms. The Labute approximate surface area is 154 Å². The molecular formula is C16H11BrFN3O5. The molecule has 0 fully saturated rings. The summed E-state index contributed by atoms with van der Waals surface area (Å²) in [4.78, 5) is 35.5. The lowest BCUT2D eigenvalue weighted by molar-refractivity contribution is -0.387. The molecule has 1 aliphatic heterocycles. The second-order valence-electron chi connectivity index (χ2n) is 5.35. The summed E-state index contributed by atoms with van der Waals surface area (Å²) >= 11 is 3.30. The summed E-state index contributed by atoms with van der Waals surface area (Å²) in [6, 6.07) is 8.02. The van der Waals surface area contributed by atoms with Crippen molar-refractivity contribution in [2.45, 2.75) is 0 Å². The standard InChI is InChI=1S/C16H11BrFN3O5/c17-9-1-4-12-14(5-9)26-8-16(23)20(12)7-15(22)19-10-2-3-11(18)13(6-10)21(24)25/h1-6H,7-8H2,(H,19,22). The van der Waals surface area contributed by atoms with E-state index in [1.54, 1.807) is 18.2 Å². The monoisotopic (exact) mass is 423 g/mol. The molecule has 10 heteroatoms. The van der Waals surface area contributed by atoms with E-state index >= 15 is 0 Å². The summed E-state index contributed by atoms with van der Waals surface area (Å²) in [5.41, 5.74) is -0.259. The molecule has 0 spiro atoms. The van der Waals surface area contributed by atoms with Crippen molar-refractivity contribution in [2.24, 2.45) is 0 Å². The van der Waals surface area contributed by atoms with Gasteiger partial charge in [0, 0.05) is 16.2 Å². The van der Waals surface area contributed by atoms with Gasteiger partial charge in [0.2, 0.25) is 11.7 Å². The molecule has 2 aromatic rings.